The standard InChI is InChI=1S/C13H16F2N2O3S/c1-13(4-2-3-5-13)17-12(18)9-6-8(21(16,19)20)7-10(14)11(9)15/h6-7H,2-5H2,1H3,(H,17,18)(H2,16,19,20). The van der Waals surface area contributed by atoms with Gasteiger partial charge >= 0.3 is 0 Å². The summed E-state index contributed by atoms with van der Waals surface area (Å²) in [6.45, 7) is 1.82. The van der Waals surface area contributed by atoms with Crippen LogP contribution in [0.3, 0.4) is 0 Å². The minimum absolute atomic E-state index is 0.457. The first kappa shape index (κ1) is 15.8. The molecule has 5 nitrogen and oxygen atoms in total. The highest BCUT2D eigenvalue weighted by atomic mass is 32.2. The van der Waals surface area contributed by atoms with Crippen LogP contribution in [0.5, 0.6) is 0 Å². The van der Waals surface area contributed by atoms with Crippen LogP contribution in [0.1, 0.15) is 43.0 Å². The fraction of sp³-hybridized carbons (Fsp3) is 0.462. The highest BCUT2D eigenvalue weighted by Crippen LogP contribution is 2.29. The molecule has 1 amide bonds. The highest BCUT2D eigenvalue weighted by molar-refractivity contribution is 7.89. The topological polar surface area (TPSA) is 89.3 Å². The van der Waals surface area contributed by atoms with Crippen molar-refractivity contribution in [3.63, 3.8) is 0 Å². The van der Waals surface area contributed by atoms with E-state index in [-0.39, 0.29) is 0 Å². The van der Waals surface area contributed by atoms with Crippen LogP contribution < -0.4 is 10.5 Å². The molecule has 21 heavy (non-hydrogen) atoms. The number of sulfonamides is 1. The van der Waals surface area contributed by atoms with Gasteiger partial charge in [-0.1, -0.05) is 12.8 Å². The largest absolute Gasteiger partial charge is 0.347 e. The van der Waals surface area contributed by atoms with Crippen molar-refractivity contribution in [2.24, 2.45) is 5.14 Å². The summed E-state index contributed by atoms with van der Waals surface area (Å²) in [5.41, 5.74) is -1.15. The third-order valence-corrected chi connectivity index (χ3v) is 4.59. The van der Waals surface area contributed by atoms with E-state index in [9.17, 15) is 22.0 Å². The van der Waals surface area contributed by atoms with E-state index in [1.54, 1.807) is 0 Å². The summed E-state index contributed by atoms with van der Waals surface area (Å²) in [5.74, 6) is -3.66. The van der Waals surface area contributed by atoms with Crippen molar-refractivity contribution in [1.82, 2.24) is 5.32 Å². The SMILES string of the molecule is CC1(NC(=O)c2cc(S(N)(=O)=O)cc(F)c2F)CCCC1. The minimum Gasteiger partial charge on any atom is -0.347 e. The van der Waals surface area contributed by atoms with E-state index >= 15 is 0 Å². The fourth-order valence-electron chi connectivity index (χ4n) is 2.52. The Balaban J connectivity index is 2.38. The van der Waals surface area contributed by atoms with Gasteiger partial charge in [-0.05, 0) is 31.9 Å². The van der Waals surface area contributed by atoms with Gasteiger partial charge in [0.15, 0.2) is 11.6 Å². The molecular weight excluding hydrogens is 302 g/mol. The van der Waals surface area contributed by atoms with E-state index in [0.717, 1.165) is 31.7 Å². The molecular formula is C13H16F2N2O3S. The molecule has 1 aromatic carbocycles. The summed E-state index contributed by atoms with van der Waals surface area (Å²) in [5, 5.41) is 7.52. The Morgan fingerprint density at radius 2 is 1.86 bits per heavy atom. The van der Waals surface area contributed by atoms with Crippen molar-refractivity contribution in [3.05, 3.63) is 29.3 Å². The summed E-state index contributed by atoms with van der Waals surface area (Å²) in [4.78, 5) is 11.5. The number of primary sulfonamides is 1. The van der Waals surface area contributed by atoms with Gasteiger partial charge in [0.25, 0.3) is 5.91 Å². The molecule has 1 saturated carbocycles. The second-order valence-electron chi connectivity index (χ2n) is 5.53. The zero-order valence-electron chi connectivity index (χ0n) is 11.4. The van der Waals surface area contributed by atoms with Crippen LogP contribution >= 0.6 is 0 Å². The number of amides is 1. The van der Waals surface area contributed by atoms with E-state index in [1.807, 2.05) is 6.92 Å². The Labute approximate surface area is 121 Å². The lowest BCUT2D eigenvalue weighted by Crippen LogP contribution is -2.44. The van der Waals surface area contributed by atoms with Crippen molar-refractivity contribution < 1.29 is 22.0 Å². The maximum absolute atomic E-state index is 13.7. The molecule has 116 valence electrons. The van der Waals surface area contributed by atoms with Crippen molar-refractivity contribution in [3.8, 4) is 0 Å². The molecule has 1 aliphatic carbocycles. The second kappa shape index (κ2) is 5.34. The summed E-state index contributed by atoms with van der Waals surface area (Å²) < 4.78 is 49.7. The van der Waals surface area contributed by atoms with Crippen LogP contribution in [0.4, 0.5) is 8.78 Å². The number of carbonyl (C=O) groups is 1. The molecule has 0 spiro atoms. The third kappa shape index (κ3) is 3.38. The van der Waals surface area contributed by atoms with Gasteiger partial charge < -0.3 is 5.32 Å². The first-order chi connectivity index (χ1) is 9.62. The number of carbonyl (C=O) groups excluding carboxylic acids is 1. The predicted molar refractivity (Wildman–Crippen MR) is 72.1 cm³/mol. The van der Waals surface area contributed by atoms with E-state index in [1.165, 1.54) is 0 Å². The Kier molecular flexibility index (Phi) is 4.03. The molecule has 1 aliphatic rings. The van der Waals surface area contributed by atoms with Gasteiger partial charge in [-0.25, -0.2) is 22.3 Å². The molecule has 0 aliphatic heterocycles. The first-order valence-corrected chi connectivity index (χ1v) is 8.01. The molecule has 8 heteroatoms. The molecule has 0 atom stereocenters. The summed E-state index contributed by atoms with van der Waals surface area (Å²) in [7, 11) is -4.23. The van der Waals surface area contributed by atoms with Crippen LogP contribution in [-0.4, -0.2) is 19.9 Å². The molecule has 0 aromatic heterocycles. The number of hydrogen-bond acceptors (Lipinski definition) is 3. The smallest absolute Gasteiger partial charge is 0.254 e. The maximum Gasteiger partial charge on any atom is 0.254 e. The van der Waals surface area contributed by atoms with Crippen molar-refractivity contribution in [2.45, 2.75) is 43.0 Å². The van der Waals surface area contributed by atoms with E-state index in [2.05, 4.69) is 5.32 Å². The van der Waals surface area contributed by atoms with Gasteiger partial charge in [-0.3, -0.25) is 4.79 Å². The summed E-state index contributed by atoms with van der Waals surface area (Å²) in [6, 6.07) is 1.21. The number of nitrogens with one attached hydrogen (secondary N) is 1. The predicted octanol–water partition coefficient (Wildman–Crippen LogP) is 1.67. The van der Waals surface area contributed by atoms with Gasteiger partial charge in [0.1, 0.15) is 0 Å². The Morgan fingerprint density at radius 1 is 1.29 bits per heavy atom. The summed E-state index contributed by atoms with van der Waals surface area (Å²) >= 11 is 0. The van der Waals surface area contributed by atoms with E-state index in [0.29, 0.717) is 6.07 Å². The van der Waals surface area contributed by atoms with Crippen molar-refractivity contribution in [2.75, 3.05) is 0 Å². The summed E-state index contributed by atoms with van der Waals surface area (Å²) in [6.07, 6.45) is 3.34. The molecule has 0 heterocycles. The first-order valence-electron chi connectivity index (χ1n) is 6.47. The molecule has 1 aromatic rings. The third-order valence-electron chi connectivity index (χ3n) is 3.70. The van der Waals surface area contributed by atoms with Gasteiger partial charge in [-0.2, -0.15) is 0 Å². The van der Waals surface area contributed by atoms with Gasteiger partial charge in [0, 0.05) is 5.54 Å². The second-order valence-corrected chi connectivity index (χ2v) is 7.09. The minimum atomic E-state index is -4.23. The van der Waals surface area contributed by atoms with Gasteiger partial charge in [-0.15, -0.1) is 0 Å². The number of benzene rings is 1. The average Bonchev–Trinajstić information content (AvgIpc) is 2.77. The highest BCUT2D eigenvalue weighted by Gasteiger charge is 2.32. The zero-order valence-corrected chi connectivity index (χ0v) is 12.3. The van der Waals surface area contributed by atoms with Crippen molar-refractivity contribution in [1.29, 1.82) is 0 Å². The number of nitrogens with two attached hydrogens (primary N) is 1. The van der Waals surface area contributed by atoms with Crippen LogP contribution in [0.2, 0.25) is 0 Å². The lowest BCUT2D eigenvalue weighted by molar-refractivity contribution is 0.0902. The normalized spacial score (nSPS) is 17.7. The van der Waals surface area contributed by atoms with Crippen LogP contribution in [0.15, 0.2) is 17.0 Å². The van der Waals surface area contributed by atoms with Gasteiger partial charge in [0.05, 0.1) is 10.5 Å². The van der Waals surface area contributed by atoms with E-state index in [4.69, 9.17) is 5.14 Å². The molecule has 0 radical (unpaired) electrons. The number of hydrogen-bond donors (Lipinski definition) is 2. The Morgan fingerprint density at radius 3 is 2.38 bits per heavy atom. The molecule has 0 bridgehead atoms. The fourth-order valence-corrected chi connectivity index (χ4v) is 3.07. The van der Waals surface area contributed by atoms with Crippen molar-refractivity contribution >= 4 is 15.9 Å². The van der Waals surface area contributed by atoms with Crippen LogP contribution in [0, 0.1) is 11.6 Å². The molecule has 2 rings (SSSR count). The number of rotatable bonds is 3. The molecule has 0 unspecified atom stereocenters. The molecule has 1 fully saturated rings. The van der Waals surface area contributed by atoms with Crippen LogP contribution in [-0.2, 0) is 10.0 Å². The monoisotopic (exact) mass is 318 g/mol. The maximum atomic E-state index is 13.7. The average molecular weight is 318 g/mol. The lowest BCUT2D eigenvalue weighted by Gasteiger charge is -2.25. The zero-order chi connectivity index (χ0) is 15.8. The molecule has 3 N–H and O–H groups in total. The van der Waals surface area contributed by atoms with Gasteiger partial charge in [0.2, 0.25) is 10.0 Å². The Bertz CT molecular complexity index is 683. The van der Waals surface area contributed by atoms with E-state index < -0.39 is 43.6 Å². The Hall–Kier alpha value is -1.54. The quantitative estimate of drug-likeness (QED) is 0.888. The lowest BCUT2D eigenvalue weighted by atomic mass is 10.00. The molecule has 0 saturated heterocycles. The number of halogens is 2. The van der Waals surface area contributed by atoms with Crippen LogP contribution in [0.25, 0.3) is 0 Å².